The summed E-state index contributed by atoms with van der Waals surface area (Å²) in [4.78, 5) is 15.3. The molecule has 0 saturated heterocycles. The minimum Gasteiger partial charge on any atom is -0.497 e. The van der Waals surface area contributed by atoms with Crippen LogP contribution in [0.5, 0.6) is 5.75 Å². The van der Waals surface area contributed by atoms with Gasteiger partial charge in [-0.15, -0.1) is 0 Å². The number of ketones is 1. The number of rotatable bonds is 2. The van der Waals surface area contributed by atoms with Crippen LogP contribution in [0, 0.1) is 0 Å². The molecule has 0 bridgehead atoms. The van der Waals surface area contributed by atoms with E-state index in [1.165, 1.54) is 6.92 Å². The topological polar surface area (TPSA) is 43.6 Å². The molecule has 2 rings (SSSR count). The first kappa shape index (κ1) is 9.98. The summed E-state index contributed by atoms with van der Waals surface area (Å²) in [5.74, 6) is 0.530. The molecular weight excluding hydrogens is 216 g/mol. The number of carbonyl (C=O) groups is 1. The van der Waals surface area contributed by atoms with E-state index >= 15 is 0 Å². The maximum Gasteiger partial charge on any atom is 0.181 e. The Labute approximate surface area is 91.4 Å². The summed E-state index contributed by atoms with van der Waals surface area (Å²) in [5, 5.41) is 0.333. The largest absolute Gasteiger partial charge is 0.497 e. The number of fused-ring (bicyclic) bond motifs is 1. The van der Waals surface area contributed by atoms with Gasteiger partial charge in [0.15, 0.2) is 5.78 Å². The lowest BCUT2D eigenvalue weighted by atomic mass is 10.3. The van der Waals surface area contributed by atoms with Gasteiger partial charge in [-0.3, -0.25) is 9.20 Å². The van der Waals surface area contributed by atoms with Gasteiger partial charge in [-0.2, -0.15) is 0 Å². The zero-order valence-electron chi connectivity index (χ0n) is 8.32. The van der Waals surface area contributed by atoms with Gasteiger partial charge in [0.25, 0.3) is 0 Å². The predicted octanol–water partition coefficient (Wildman–Crippen LogP) is 2.20. The van der Waals surface area contributed by atoms with E-state index in [0.29, 0.717) is 16.5 Å². The maximum atomic E-state index is 11.2. The summed E-state index contributed by atoms with van der Waals surface area (Å²) in [7, 11) is 1.57. The quantitative estimate of drug-likeness (QED) is 0.735. The predicted molar refractivity (Wildman–Crippen MR) is 56.8 cm³/mol. The van der Waals surface area contributed by atoms with Crippen LogP contribution in [0.25, 0.3) is 5.65 Å². The van der Waals surface area contributed by atoms with E-state index in [1.54, 1.807) is 29.8 Å². The average molecular weight is 225 g/mol. The monoisotopic (exact) mass is 224 g/mol. The summed E-state index contributed by atoms with van der Waals surface area (Å²) in [5.41, 5.74) is 0.884. The van der Waals surface area contributed by atoms with Crippen molar-refractivity contribution in [3.05, 3.63) is 29.2 Å². The molecule has 0 saturated carbocycles. The number of Topliss-reactive ketones (excluding diaryl/α,β-unsaturated/α-hetero) is 1. The fraction of sp³-hybridized carbons (Fsp3) is 0.200. The fourth-order valence-corrected chi connectivity index (χ4v) is 1.67. The number of hydrogen-bond donors (Lipinski definition) is 0. The molecule has 0 spiro atoms. The van der Waals surface area contributed by atoms with Crippen molar-refractivity contribution in [1.29, 1.82) is 0 Å². The zero-order valence-corrected chi connectivity index (χ0v) is 9.08. The van der Waals surface area contributed by atoms with Gasteiger partial charge in [0.05, 0.1) is 7.11 Å². The van der Waals surface area contributed by atoms with Crippen molar-refractivity contribution in [2.45, 2.75) is 6.92 Å². The van der Waals surface area contributed by atoms with Crippen LogP contribution in [0.3, 0.4) is 0 Å². The number of nitrogens with zero attached hydrogens (tertiary/aromatic N) is 2. The van der Waals surface area contributed by atoms with Crippen molar-refractivity contribution in [2.75, 3.05) is 7.11 Å². The normalized spacial score (nSPS) is 10.6. The number of halogens is 1. The first-order valence-corrected chi connectivity index (χ1v) is 4.74. The Bertz CT molecular complexity index is 533. The highest BCUT2D eigenvalue weighted by molar-refractivity contribution is 6.33. The van der Waals surface area contributed by atoms with Crippen LogP contribution >= 0.6 is 11.6 Å². The molecule has 0 aliphatic rings. The number of carbonyl (C=O) groups excluding carboxylic acids is 1. The highest BCUT2D eigenvalue weighted by Crippen LogP contribution is 2.21. The van der Waals surface area contributed by atoms with Crippen LogP contribution in [0.1, 0.15) is 17.4 Å². The molecule has 2 heterocycles. The highest BCUT2D eigenvalue weighted by atomic mass is 35.5. The molecule has 0 unspecified atom stereocenters. The number of pyridine rings is 1. The number of imidazole rings is 1. The molecule has 2 aromatic rings. The lowest BCUT2D eigenvalue weighted by Crippen LogP contribution is -1.92. The van der Waals surface area contributed by atoms with Crippen LogP contribution in [0.15, 0.2) is 18.3 Å². The Morgan fingerprint density at radius 1 is 1.60 bits per heavy atom. The highest BCUT2D eigenvalue weighted by Gasteiger charge is 2.13. The molecule has 78 valence electrons. The van der Waals surface area contributed by atoms with Gasteiger partial charge in [-0.1, -0.05) is 11.6 Å². The summed E-state index contributed by atoms with van der Waals surface area (Å²) in [6, 6.07) is 3.47. The Balaban J connectivity index is 2.70. The lowest BCUT2D eigenvalue weighted by Gasteiger charge is -1.99. The first-order valence-electron chi connectivity index (χ1n) is 4.36. The van der Waals surface area contributed by atoms with Gasteiger partial charge < -0.3 is 4.74 Å². The second-order valence-electron chi connectivity index (χ2n) is 3.10. The summed E-state index contributed by atoms with van der Waals surface area (Å²) >= 11 is 5.99. The second-order valence-corrected chi connectivity index (χ2v) is 3.46. The van der Waals surface area contributed by atoms with Crippen molar-refractivity contribution < 1.29 is 9.53 Å². The van der Waals surface area contributed by atoms with Crippen molar-refractivity contribution in [3.63, 3.8) is 0 Å². The fourth-order valence-electron chi connectivity index (χ4n) is 1.35. The van der Waals surface area contributed by atoms with Gasteiger partial charge in [0.1, 0.15) is 22.2 Å². The Hall–Kier alpha value is -1.55. The van der Waals surface area contributed by atoms with Crippen LogP contribution in [0.2, 0.25) is 5.15 Å². The molecule has 0 amide bonds. The molecular formula is C10H9ClN2O2. The lowest BCUT2D eigenvalue weighted by molar-refractivity contribution is 0.101. The standard InChI is InChI=1S/C10H9ClN2O2/c1-6(14)9-10(11)13-4-3-7(15-2)5-8(13)12-9/h3-5H,1-2H3. The molecule has 0 aromatic carbocycles. The van der Waals surface area contributed by atoms with Crippen LogP contribution in [0.4, 0.5) is 0 Å². The van der Waals surface area contributed by atoms with Gasteiger partial charge in [-0.25, -0.2) is 4.98 Å². The molecule has 4 nitrogen and oxygen atoms in total. The minimum atomic E-state index is -0.150. The van der Waals surface area contributed by atoms with Gasteiger partial charge in [0, 0.05) is 19.2 Å². The molecule has 0 aliphatic carbocycles. The molecule has 0 atom stereocenters. The number of hydrogen-bond acceptors (Lipinski definition) is 3. The molecule has 5 heteroatoms. The van der Waals surface area contributed by atoms with Crippen molar-refractivity contribution in [3.8, 4) is 5.75 Å². The van der Waals surface area contributed by atoms with E-state index in [-0.39, 0.29) is 11.5 Å². The SMILES string of the molecule is COc1ccn2c(Cl)c(C(C)=O)nc2c1. The zero-order chi connectivity index (χ0) is 11.0. The van der Waals surface area contributed by atoms with E-state index in [1.807, 2.05) is 0 Å². The average Bonchev–Trinajstić information content (AvgIpc) is 2.55. The molecule has 0 N–H and O–H groups in total. The van der Waals surface area contributed by atoms with E-state index in [0.717, 1.165) is 0 Å². The van der Waals surface area contributed by atoms with Gasteiger partial charge in [0.2, 0.25) is 0 Å². The second kappa shape index (κ2) is 3.55. The Morgan fingerprint density at radius 2 is 2.33 bits per heavy atom. The number of methoxy groups -OCH3 is 1. The Morgan fingerprint density at radius 3 is 2.93 bits per heavy atom. The number of aromatic nitrogens is 2. The minimum absolute atomic E-state index is 0.150. The van der Waals surface area contributed by atoms with E-state index in [4.69, 9.17) is 16.3 Å². The third-order valence-electron chi connectivity index (χ3n) is 2.11. The maximum absolute atomic E-state index is 11.2. The van der Waals surface area contributed by atoms with Crippen molar-refractivity contribution >= 4 is 23.0 Å². The smallest absolute Gasteiger partial charge is 0.181 e. The van der Waals surface area contributed by atoms with E-state index < -0.39 is 0 Å². The molecule has 0 fully saturated rings. The van der Waals surface area contributed by atoms with Crippen molar-refractivity contribution in [1.82, 2.24) is 9.38 Å². The van der Waals surface area contributed by atoms with E-state index in [9.17, 15) is 4.79 Å². The summed E-state index contributed by atoms with van der Waals surface area (Å²) in [6.07, 6.45) is 1.72. The first-order chi connectivity index (χ1) is 7.13. The van der Waals surface area contributed by atoms with Gasteiger partial charge in [-0.05, 0) is 6.07 Å². The summed E-state index contributed by atoms with van der Waals surface area (Å²) in [6.45, 7) is 1.44. The Kier molecular flexibility index (Phi) is 2.36. The molecule has 0 radical (unpaired) electrons. The summed E-state index contributed by atoms with van der Waals surface area (Å²) < 4.78 is 6.69. The van der Waals surface area contributed by atoms with Crippen molar-refractivity contribution in [2.24, 2.45) is 0 Å². The third-order valence-corrected chi connectivity index (χ3v) is 2.47. The number of ether oxygens (including phenoxy) is 1. The van der Waals surface area contributed by atoms with E-state index in [2.05, 4.69) is 4.98 Å². The molecule has 2 aromatic heterocycles. The molecule has 15 heavy (non-hydrogen) atoms. The van der Waals surface area contributed by atoms with Crippen LogP contribution in [-0.4, -0.2) is 22.3 Å². The van der Waals surface area contributed by atoms with Gasteiger partial charge >= 0.3 is 0 Å². The van der Waals surface area contributed by atoms with Crippen LogP contribution < -0.4 is 4.74 Å². The molecule has 0 aliphatic heterocycles. The third kappa shape index (κ3) is 1.57. The van der Waals surface area contributed by atoms with Crippen LogP contribution in [-0.2, 0) is 0 Å².